The number of nitrogens with one attached hydrogen (secondary N) is 1. The number of nitrogen functional groups attached to an aromatic ring is 1. The second-order valence-corrected chi connectivity index (χ2v) is 6.67. The number of rotatable bonds is 8. The molecular formula is C21H24N4O5. The van der Waals surface area contributed by atoms with Crippen molar-refractivity contribution in [2.24, 2.45) is 0 Å². The average molecular weight is 412 g/mol. The van der Waals surface area contributed by atoms with Crippen LogP contribution in [0.2, 0.25) is 0 Å². The number of amides is 1. The number of para-hydroxylation sites is 1. The molecule has 3 aromatic rings. The fraction of sp³-hybridized carbons (Fsp3) is 0.286. The number of carbonyl (C=O) groups excluding carboxylic acids is 1. The lowest BCUT2D eigenvalue weighted by Gasteiger charge is -2.24. The van der Waals surface area contributed by atoms with Crippen molar-refractivity contribution in [2.45, 2.75) is 32.9 Å². The number of H-pyrrole nitrogens is 1. The van der Waals surface area contributed by atoms with Gasteiger partial charge in [-0.05, 0) is 30.7 Å². The number of anilines is 2. The number of aromatic amines is 1. The van der Waals surface area contributed by atoms with E-state index in [1.165, 1.54) is 22.8 Å². The Bertz CT molecular complexity index is 1130. The van der Waals surface area contributed by atoms with Gasteiger partial charge in [0.25, 0.3) is 11.5 Å². The van der Waals surface area contributed by atoms with Crippen LogP contribution in [0.5, 0.6) is 5.75 Å². The van der Waals surface area contributed by atoms with Crippen LogP contribution in [0, 0.1) is 0 Å². The summed E-state index contributed by atoms with van der Waals surface area (Å²) in [6.45, 7) is 2.24. The number of methoxy groups -OCH3 is 1. The summed E-state index contributed by atoms with van der Waals surface area (Å²) in [7, 11) is 1.45. The van der Waals surface area contributed by atoms with Gasteiger partial charge >= 0.3 is 5.69 Å². The number of nitrogens with two attached hydrogens (primary N) is 1. The molecule has 1 aromatic carbocycles. The predicted molar refractivity (Wildman–Crippen MR) is 113 cm³/mol. The number of hydrogen-bond donors (Lipinski definition) is 2. The Balaban J connectivity index is 2.17. The van der Waals surface area contributed by atoms with Crippen molar-refractivity contribution < 1.29 is 13.9 Å². The van der Waals surface area contributed by atoms with Crippen molar-refractivity contribution in [3.63, 3.8) is 0 Å². The molecule has 0 aliphatic carbocycles. The fourth-order valence-corrected chi connectivity index (χ4v) is 3.15. The van der Waals surface area contributed by atoms with E-state index in [2.05, 4.69) is 4.98 Å². The van der Waals surface area contributed by atoms with Gasteiger partial charge in [0.05, 0.1) is 25.5 Å². The Morgan fingerprint density at radius 3 is 2.67 bits per heavy atom. The largest absolute Gasteiger partial charge is 0.496 e. The van der Waals surface area contributed by atoms with E-state index in [1.807, 2.05) is 6.92 Å². The topological polar surface area (TPSA) is 124 Å². The molecule has 0 fully saturated rings. The Hall–Kier alpha value is -3.75. The maximum Gasteiger partial charge on any atom is 0.330 e. The third-order valence-corrected chi connectivity index (χ3v) is 4.70. The summed E-state index contributed by atoms with van der Waals surface area (Å²) in [6.07, 6.45) is 2.99. The van der Waals surface area contributed by atoms with E-state index in [0.29, 0.717) is 24.5 Å². The van der Waals surface area contributed by atoms with Gasteiger partial charge in [-0.15, -0.1) is 0 Å². The molecular weight excluding hydrogens is 388 g/mol. The van der Waals surface area contributed by atoms with Gasteiger partial charge in [-0.2, -0.15) is 0 Å². The van der Waals surface area contributed by atoms with E-state index in [4.69, 9.17) is 14.9 Å². The van der Waals surface area contributed by atoms with Gasteiger partial charge in [0.15, 0.2) is 5.69 Å². The lowest BCUT2D eigenvalue weighted by molar-refractivity contribution is 0.0980. The number of unbranched alkanes of at least 4 members (excludes halogenated alkanes) is 1. The van der Waals surface area contributed by atoms with Crippen LogP contribution in [0.15, 0.2) is 56.7 Å². The highest BCUT2D eigenvalue weighted by atomic mass is 16.5. The highest BCUT2D eigenvalue weighted by Crippen LogP contribution is 2.26. The highest BCUT2D eigenvalue weighted by Gasteiger charge is 2.28. The van der Waals surface area contributed by atoms with Gasteiger partial charge in [-0.1, -0.05) is 25.5 Å². The van der Waals surface area contributed by atoms with E-state index < -0.39 is 17.2 Å². The number of nitrogens with zero attached hydrogens (tertiary/aromatic N) is 2. The quantitative estimate of drug-likeness (QED) is 0.585. The van der Waals surface area contributed by atoms with Gasteiger partial charge in [0, 0.05) is 6.54 Å². The zero-order chi connectivity index (χ0) is 21.7. The third-order valence-electron chi connectivity index (χ3n) is 4.70. The Labute approximate surface area is 172 Å². The van der Waals surface area contributed by atoms with E-state index in [9.17, 15) is 14.4 Å². The van der Waals surface area contributed by atoms with Gasteiger partial charge in [-0.3, -0.25) is 24.0 Å². The minimum absolute atomic E-state index is 0.0524. The van der Waals surface area contributed by atoms with Crippen LogP contribution >= 0.6 is 0 Å². The standard InChI is InChI=1S/C21H24N4O5/c1-3-4-11-24-18(22)17(19(26)23-21(24)28)25(13-14-8-7-12-30-14)20(27)15-9-5-6-10-16(15)29-2/h5-10,12H,3-4,11,13,22H2,1-2H3,(H,23,26,28). The normalized spacial score (nSPS) is 10.7. The fourth-order valence-electron chi connectivity index (χ4n) is 3.15. The van der Waals surface area contributed by atoms with Crippen LogP contribution in [0.4, 0.5) is 11.5 Å². The molecule has 0 saturated carbocycles. The number of hydrogen-bond acceptors (Lipinski definition) is 6. The molecule has 9 nitrogen and oxygen atoms in total. The third kappa shape index (κ3) is 4.14. The number of aromatic nitrogens is 2. The second-order valence-electron chi connectivity index (χ2n) is 6.67. The molecule has 30 heavy (non-hydrogen) atoms. The minimum Gasteiger partial charge on any atom is -0.496 e. The summed E-state index contributed by atoms with van der Waals surface area (Å²) in [5.74, 6) is 0.207. The monoisotopic (exact) mass is 412 g/mol. The molecule has 0 bridgehead atoms. The van der Waals surface area contributed by atoms with Crippen LogP contribution in [0.25, 0.3) is 0 Å². The first-order valence-electron chi connectivity index (χ1n) is 9.57. The van der Waals surface area contributed by atoms with Gasteiger partial charge in [0.2, 0.25) is 0 Å². The van der Waals surface area contributed by atoms with Crippen molar-refractivity contribution >= 4 is 17.4 Å². The molecule has 0 spiro atoms. The molecule has 2 aromatic heterocycles. The molecule has 2 heterocycles. The molecule has 0 aliphatic heterocycles. The smallest absolute Gasteiger partial charge is 0.330 e. The zero-order valence-corrected chi connectivity index (χ0v) is 16.9. The van der Waals surface area contributed by atoms with Crippen LogP contribution in [-0.4, -0.2) is 22.6 Å². The van der Waals surface area contributed by atoms with Crippen molar-refractivity contribution in [3.8, 4) is 5.75 Å². The van der Waals surface area contributed by atoms with E-state index >= 15 is 0 Å². The van der Waals surface area contributed by atoms with Gasteiger partial charge < -0.3 is 14.9 Å². The van der Waals surface area contributed by atoms with Crippen LogP contribution in [0.3, 0.4) is 0 Å². The number of ether oxygens (including phenoxy) is 1. The van der Waals surface area contributed by atoms with Crippen molar-refractivity contribution in [3.05, 3.63) is 74.8 Å². The van der Waals surface area contributed by atoms with Crippen molar-refractivity contribution in [2.75, 3.05) is 17.7 Å². The summed E-state index contributed by atoms with van der Waals surface area (Å²) in [5, 5.41) is 0. The first-order valence-corrected chi connectivity index (χ1v) is 9.57. The van der Waals surface area contributed by atoms with Crippen molar-refractivity contribution in [1.82, 2.24) is 9.55 Å². The lowest BCUT2D eigenvalue weighted by Crippen LogP contribution is -2.41. The van der Waals surface area contributed by atoms with Crippen LogP contribution in [0.1, 0.15) is 35.9 Å². The Kier molecular flexibility index (Phi) is 6.41. The molecule has 158 valence electrons. The summed E-state index contributed by atoms with van der Waals surface area (Å²) >= 11 is 0. The summed E-state index contributed by atoms with van der Waals surface area (Å²) in [6, 6.07) is 10.0. The maximum atomic E-state index is 13.5. The van der Waals surface area contributed by atoms with Gasteiger partial charge in [0.1, 0.15) is 17.3 Å². The Morgan fingerprint density at radius 2 is 2.00 bits per heavy atom. The minimum atomic E-state index is -0.750. The number of furan rings is 1. The summed E-state index contributed by atoms with van der Waals surface area (Å²) in [5.41, 5.74) is 5.00. The van der Waals surface area contributed by atoms with E-state index in [1.54, 1.807) is 36.4 Å². The maximum absolute atomic E-state index is 13.5. The van der Waals surface area contributed by atoms with Crippen molar-refractivity contribution in [1.29, 1.82) is 0 Å². The van der Waals surface area contributed by atoms with E-state index in [0.717, 1.165) is 6.42 Å². The molecule has 0 unspecified atom stereocenters. The SMILES string of the molecule is CCCCn1c(N)c(N(Cc2ccco2)C(=O)c2ccccc2OC)c(=O)[nH]c1=O. The van der Waals surface area contributed by atoms with Crippen LogP contribution in [-0.2, 0) is 13.1 Å². The number of benzene rings is 1. The summed E-state index contributed by atoms with van der Waals surface area (Å²) in [4.78, 5) is 42.0. The molecule has 3 rings (SSSR count). The molecule has 0 saturated heterocycles. The first-order chi connectivity index (χ1) is 14.5. The van der Waals surface area contributed by atoms with E-state index in [-0.39, 0.29) is 23.6 Å². The second kappa shape index (κ2) is 9.17. The summed E-state index contributed by atoms with van der Waals surface area (Å²) < 4.78 is 11.9. The zero-order valence-electron chi connectivity index (χ0n) is 16.9. The molecule has 0 aliphatic rings. The van der Waals surface area contributed by atoms with Gasteiger partial charge in [-0.25, -0.2) is 4.79 Å². The molecule has 1 amide bonds. The first kappa shape index (κ1) is 21.0. The lowest BCUT2D eigenvalue weighted by atomic mass is 10.1. The van der Waals surface area contributed by atoms with Crippen LogP contribution < -0.4 is 26.6 Å². The molecule has 0 radical (unpaired) electrons. The average Bonchev–Trinajstić information content (AvgIpc) is 3.25. The predicted octanol–water partition coefficient (Wildman–Crippen LogP) is 2.37. The molecule has 9 heteroatoms. The Morgan fingerprint density at radius 1 is 1.23 bits per heavy atom. The molecule has 3 N–H and O–H groups in total. The number of carbonyl (C=O) groups is 1. The highest BCUT2D eigenvalue weighted by molar-refractivity contribution is 6.08. The molecule has 0 atom stereocenters.